The minimum absolute atomic E-state index is 0.0223. The molecule has 0 spiro atoms. The van der Waals surface area contributed by atoms with Crippen molar-refractivity contribution >= 4 is 41.0 Å². The van der Waals surface area contributed by atoms with Gasteiger partial charge in [-0.15, -0.1) is 0 Å². The molecule has 4 aliphatic carbocycles. The van der Waals surface area contributed by atoms with E-state index in [-0.39, 0.29) is 54.2 Å². The molecule has 15 heteroatoms. The number of ketones is 2. The van der Waals surface area contributed by atoms with E-state index in [1.54, 1.807) is 0 Å². The van der Waals surface area contributed by atoms with Gasteiger partial charge in [0.2, 0.25) is 17.6 Å². The van der Waals surface area contributed by atoms with E-state index in [4.69, 9.17) is 4.74 Å². The predicted molar refractivity (Wildman–Crippen MR) is 196 cm³/mol. The summed E-state index contributed by atoms with van der Waals surface area (Å²) in [4.78, 5) is 84.9. The fraction of sp³-hybridized carbons (Fsp3) is 0.650. The number of nitrogens with one attached hydrogen (secondary N) is 2. The van der Waals surface area contributed by atoms with E-state index in [1.807, 2.05) is 13.0 Å². The maximum absolute atomic E-state index is 13.5. The van der Waals surface area contributed by atoms with Crippen LogP contribution in [0.5, 0.6) is 0 Å². The first-order chi connectivity index (χ1) is 26.0. The number of carbonyl (C=O) groups excluding carboxylic acids is 5. The topological polar surface area (TPSA) is 240 Å². The Bertz CT molecular complexity index is 1730. The van der Waals surface area contributed by atoms with Gasteiger partial charge in [0.25, 0.3) is 5.69 Å². The summed E-state index contributed by atoms with van der Waals surface area (Å²) in [5.41, 5.74) is -1.37. The van der Waals surface area contributed by atoms with Gasteiger partial charge in [0.05, 0.1) is 11.3 Å². The Morgan fingerprint density at radius 2 is 1.71 bits per heavy atom. The van der Waals surface area contributed by atoms with Crippen LogP contribution in [0.25, 0.3) is 0 Å². The van der Waals surface area contributed by atoms with E-state index in [1.165, 1.54) is 23.8 Å². The Morgan fingerprint density at radius 1 is 0.964 bits per heavy atom. The normalized spacial score (nSPS) is 29.3. The molecule has 15 nitrogen and oxygen atoms in total. The molecule has 5 rings (SSSR count). The number of fused-ring (bicyclic) bond motifs is 5. The number of esters is 1. The van der Waals surface area contributed by atoms with Crippen molar-refractivity contribution in [1.82, 2.24) is 10.6 Å². The Balaban J connectivity index is 0.974. The smallest absolute Gasteiger partial charge is 0.329 e. The SMILES string of the molecule is C[C@]12CCC(=O)C=C1CC[C@@H]1[C@H]2CC[C@@]2(C)[C@H]1CC[C@]2(O)C(=O)COC(=O)CCC(=O)NCCCCCC(=O)N[C@H](C(=O)O)[C@H](O)c1cccc([N+](=O)[O-])c1. The van der Waals surface area contributed by atoms with Crippen LogP contribution in [0.3, 0.4) is 0 Å². The van der Waals surface area contributed by atoms with Gasteiger partial charge in [-0.2, -0.15) is 0 Å². The fourth-order valence-electron chi connectivity index (χ4n) is 10.0. The van der Waals surface area contributed by atoms with Crippen LogP contribution in [0.15, 0.2) is 35.9 Å². The molecule has 55 heavy (non-hydrogen) atoms. The molecule has 1 aromatic carbocycles. The van der Waals surface area contributed by atoms with Gasteiger partial charge in [-0.05, 0) is 92.6 Å². The monoisotopic (exact) mass is 767 g/mol. The Labute approximate surface area is 319 Å². The molecular formula is C40H53N3O12. The molecule has 2 amide bonds. The van der Waals surface area contributed by atoms with Crippen molar-refractivity contribution in [3.63, 3.8) is 0 Å². The quantitative estimate of drug-likeness (QED) is 0.0654. The number of rotatable bonds is 17. The van der Waals surface area contributed by atoms with E-state index in [0.29, 0.717) is 50.4 Å². The standard InChI is InChI=1S/C40H53N3O12/c1-38-17-14-27(44)22-25(38)10-11-28-29(38)15-18-39(2)30(28)16-19-40(39,52)31(45)23-55-34(48)13-12-32(46)41-20-5-3-4-9-33(47)42-35(37(50)51)36(49)24-7-6-8-26(21-24)43(53)54/h6-8,21-22,28-30,35-36,49,52H,3-5,9-20,23H2,1-2H3,(H,41,46)(H,42,47)(H,50,51)/t28-,29-,30+,35+,36-,38+,39+,40+/m1/s1. The van der Waals surface area contributed by atoms with Gasteiger partial charge in [-0.3, -0.25) is 34.1 Å². The second-order valence-electron chi connectivity index (χ2n) is 16.2. The number of carbonyl (C=O) groups is 6. The Kier molecular flexibility index (Phi) is 13.0. The largest absolute Gasteiger partial charge is 0.480 e. The van der Waals surface area contributed by atoms with Crippen molar-refractivity contribution in [1.29, 1.82) is 0 Å². The highest BCUT2D eigenvalue weighted by Gasteiger charge is 2.66. The summed E-state index contributed by atoms with van der Waals surface area (Å²) in [6.45, 7) is 3.99. The van der Waals surface area contributed by atoms with Crippen molar-refractivity contribution < 1.29 is 53.7 Å². The van der Waals surface area contributed by atoms with Crippen LogP contribution in [-0.4, -0.2) is 80.4 Å². The summed E-state index contributed by atoms with van der Waals surface area (Å²) in [6.07, 6.45) is 6.83. The summed E-state index contributed by atoms with van der Waals surface area (Å²) in [7, 11) is 0. The summed E-state index contributed by atoms with van der Waals surface area (Å²) in [6, 6.07) is 3.14. The zero-order valence-corrected chi connectivity index (χ0v) is 31.6. The first kappa shape index (κ1) is 41.7. The van der Waals surface area contributed by atoms with E-state index in [0.717, 1.165) is 38.2 Å². The lowest BCUT2D eigenvalue weighted by Crippen LogP contribution is -2.58. The molecule has 4 aliphatic rings. The first-order valence-corrected chi connectivity index (χ1v) is 19.4. The number of aliphatic hydroxyl groups is 2. The fourth-order valence-corrected chi connectivity index (χ4v) is 10.0. The van der Waals surface area contributed by atoms with Crippen LogP contribution in [0.2, 0.25) is 0 Å². The number of aliphatic carboxylic acids is 1. The summed E-state index contributed by atoms with van der Waals surface area (Å²) in [5.74, 6) is -2.65. The summed E-state index contributed by atoms with van der Waals surface area (Å²) in [5, 5.41) is 47.8. The number of allylic oxidation sites excluding steroid dienone is 1. The number of nitro groups is 1. The number of nitrogens with zero attached hydrogens (tertiary/aromatic N) is 1. The molecule has 3 fully saturated rings. The number of hydrogen-bond donors (Lipinski definition) is 5. The average molecular weight is 768 g/mol. The van der Waals surface area contributed by atoms with E-state index in [9.17, 15) is 54.2 Å². The second-order valence-corrected chi connectivity index (χ2v) is 16.2. The highest BCUT2D eigenvalue weighted by molar-refractivity contribution is 5.92. The molecule has 0 unspecified atom stereocenters. The first-order valence-electron chi connectivity index (χ1n) is 19.4. The molecule has 5 N–H and O–H groups in total. The number of unbranched alkanes of at least 4 members (excludes halogenated alkanes) is 2. The van der Waals surface area contributed by atoms with E-state index >= 15 is 0 Å². The molecule has 1 aromatic rings. The maximum Gasteiger partial charge on any atom is 0.329 e. The van der Waals surface area contributed by atoms with Crippen LogP contribution in [-0.2, 0) is 33.5 Å². The Hall–Kier alpha value is -4.50. The summed E-state index contributed by atoms with van der Waals surface area (Å²) >= 11 is 0. The molecule has 3 saturated carbocycles. The third-order valence-corrected chi connectivity index (χ3v) is 13.2. The summed E-state index contributed by atoms with van der Waals surface area (Å²) < 4.78 is 5.25. The van der Waals surface area contributed by atoms with Crippen molar-refractivity contribution in [2.75, 3.05) is 13.2 Å². The van der Waals surface area contributed by atoms with Crippen molar-refractivity contribution in [2.24, 2.45) is 28.6 Å². The number of amides is 2. The number of ether oxygens (including phenoxy) is 1. The minimum Gasteiger partial charge on any atom is -0.480 e. The third-order valence-electron chi connectivity index (χ3n) is 13.2. The van der Waals surface area contributed by atoms with Crippen LogP contribution in [0, 0.1) is 38.7 Å². The second kappa shape index (κ2) is 17.1. The molecule has 8 atom stereocenters. The lowest BCUT2D eigenvalue weighted by atomic mass is 9.46. The van der Waals surface area contributed by atoms with Crippen LogP contribution < -0.4 is 10.6 Å². The highest BCUT2D eigenvalue weighted by Crippen LogP contribution is 2.67. The predicted octanol–water partition coefficient (Wildman–Crippen LogP) is 4.03. The van der Waals surface area contributed by atoms with Gasteiger partial charge in [-0.25, -0.2) is 4.79 Å². The number of aliphatic hydroxyl groups excluding tert-OH is 1. The molecule has 0 radical (unpaired) electrons. The molecular weight excluding hydrogens is 714 g/mol. The van der Waals surface area contributed by atoms with Gasteiger partial charge in [0.15, 0.2) is 18.4 Å². The van der Waals surface area contributed by atoms with E-state index in [2.05, 4.69) is 17.6 Å². The molecule has 300 valence electrons. The minimum atomic E-state index is -1.72. The molecule has 0 saturated heterocycles. The number of nitro benzene ring substituents is 1. The number of Topliss-reactive ketones (excluding diaryl/α,β-unsaturated/α-hetero) is 1. The number of carboxylic acid groups (broad SMARTS) is 1. The van der Waals surface area contributed by atoms with Crippen LogP contribution in [0.1, 0.15) is 115 Å². The van der Waals surface area contributed by atoms with Gasteiger partial charge in [0, 0.05) is 43.4 Å². The van der Waals surface area contributed by atoms with Crippen molar-refractivity contribution in [3.05, 3.63) is 51.6 Å². The molecule has 0 bridgehead atoms. The third kappa shape index (κ3) is 8.82. The van der Waals surface area contributed by atoms with Gasteiger partial charge in [-0.1, -0.05) is 38.0 Å². The Morgan fingerprint density at radius 3 is 2.44 bits per heavy atom. The van der Waals surface area contributed by atoms with Gasteiger partial charge in [0.1, 0.15) is 11.7 Å². The van der Waals surface area contributed by atoms with Gasteiger partial charge >= 0.3 is 11.9 Å². The lowest BCUT2D eigenvalue weighted by Gasteiger charge is -2.58. The molecule has 0 heterocycles. The van der Waals surface area contributed by atoms with Crippen LogP contribution >= 0.6 is 0 Å². The average Bonchev–Trinajstić information content (AvgIpc) is 3.44. The number of carboxylic acids is 1. The zero-order chi connectivity index (χ0) is 40.1. The van der Waals surface area contributed by atoms with Crippen molar-refractivity contribution in [2.45, 2.75) is 121 Å². The molecule has 0 aliphatic heterocycles. The number of benzene rings is 1. The van der Waals surface area contributed by atoms with E-state index < -0.39 is 64.2 Å². The molecule has 0 aromatic heterocycles. The number of non-ortho nitro benzene ring substituents is 1. The van der Waals surface area contributed by atoms with Gasteiger partial charge < -0.3 is 30.7 Å². The lowest BCUT2D eigenvalue weighted by molar-refractivity contribution is -0.385. The van der Waals surface area contributed by atoms with Crippen molar-refractivity contribution in [3.8, 4) is 0 Å². The highest BCUT2D eigenvalue weighted by atomic mass is 16.6. The maximum atomic E-state index is 13.5. The zero-order valence-electron chi connectivity index (χ0n) is 31.6. The van der Waals surface area contributed by atoms with Crippen LogP contribution in [0.4, 0.5) is 5.69 Å². The number of hydrogen-bond acceptors (Lipinski definition) is 11.